The van der Waals surface area contributed by atoms with Crippen LogP contribution in [0.1, 0.15) is 0 Å². The third-order valence-electron chi connectivity index (χ3n) is 0.200. The molecule has 0 atom stereocenters. The second-order valence-corrected chi connectivity index (χ2v) is 2.97. The lowest BCUT2D eigenvalue weighted by molar-refractivity contribution is -0.105. The molecule has 90 valence electrons. The summed E-state index contributed by atoms with van der Waals surface area (Å²) in [6, 6.07) is 0. The van der Waals surface area contributed by atoms with Crippen LogP contribution in [-0.4, -0.2) is 40.0 Å². The van der Waals surface area contributed by atoms with Gasteiger partial charge in [0.15, 0.2) is 0 Å². The van der Waals surface area contributed by atoms with Gasteiger partial charge in [-0.05, 0) is 14.1 Å². The van der Waals surface area contributed by atoms with Gasteiger partial charge in [-0.3, -0.25) is 9.11 Å². The highest BCUT2D eigenvalue weighted by molar-refractivity contribution is 7.83. The minimum absolute atomic E-state index is 1.50. The normalized spacial score (nSPS) is 10.4. The molecule has 6 N–H and O–H groups in total. The van der Waals surface area contributed by atoms with Gasteiger partial charge in [0.1, 0.15) is 0 Å². The number of nitrogens with two attached hydrogens (primary N) is 2. The van der Waals surface area contributed by atoms with Gasteiger partial charge in [0.2, 0.25) is 0 Å². The third-order valence-corrected chi connectivity index (χ3v) is 0.766. The average molecular weight is 256 g/mol. The number of hydrogen-bond acceptors (Lipinski definition) is 8. The molecule has 0 rings (SSSR count). The van der Waals surface area contributed by atoms with Crippen molar-refractivity contribution in [2.75, 3.05) is 14.1 Å². The predicted molar refractivity (Wildman–Crippen MR) is 45.5 cm³/mol. The summed E-state index contributed by atoms with van der Waals surface area (Å²) in [6.07, 6.45) is 0. The first-order valence-corrected chi connectivity index (χ1v) is 5.42. The highest BCUT2D eigenvalue weighted by Gasteiger charge is 2.13. The van der Waals surface area contributed by atoms with E-state index in [1.165, 1.54) is 14.1 Å². The maximum Gasteiger partial charge on any atom is 0.425 e. The fourth-order valence-corrected chi connectivity index (χ4v) is 0.632. The summed E-state index contributed by atoms with van der Waals surface area (Å²) in [5.41, 5.74) is 9.00. The van der Waals surface area contributed by atoms with Gasteiger partial charge >= 0.3 is 20.8 Å². The smallest absolute Gasteiger partial charge is 0.333 e. The minimum atomic E-state index is -5.02. The van der Waals surface area contributed by atoms with Crippen LogP contribution in [0.2, 0.25) is 0 Å². The van der Waals surface area contributed by atoms with E-state index in [1.54, 1.807) is 0 Å². The number of rotatable bonds is 3. The molecule has 0 unspecified atom stereocenters. The fraction of sp³-hybridized carbons (Fsp3) is 1.00. The van der Waals surface area contributed by atoms with Crippen molar-refractivity contribution in [2.45, 2.75) is 0 Å². The van der Waals surface area contributed by atoms with E-state index in [0.717, 1.165) is 0 Å². The van der Waals surface area contributed by atoms with Crippen LogP contribution in [-0.2, 0) is 29.5 Å². The summed E-state index contributed by atoms with van der Waals surface area (Å²) in [7, 11) is -7.04. The van der Waals surface area contributed by atoms with Gasteiger partial charge in [0.25, 0.3) is 0 Å². The van der Waals surface area contributed by atoms with Crippen LogP contribution in [0.25, 0.3) is 0 Å². The van der Waals surface area contributed by atoms with Crippen molar-refractivity contribution in [1.29, 1.82) is 0 Å². The standard InChI is InChI=1S/2CH5N.H2O8S2/c2*1-2;1-9(2,3)7-8-10(4,5)6/h2*2H2,1H3;(H,1,2,3)(H,4,5,6). The molecule has 0 amide bonds. The molecular weight excluding hydrogens is 244 g/mol. The van der Waals surface area contributed by atoms with Gasteiger partial charge in [0.05, 0.1) is 0 Å². The van der Waals surface area contributed by atoms with E-state index in [1.807, 2.05) is 0 Å². The zero-order valence-corrected chi connectivity index (χ0v) is 8.95. The van der Waals surface area contributed by atoms with E-state index in [2.05, 4.69) is 20.1 Å². The molecule has 0 spiro atoms. The number of hydrogen-bond donors (Lipinski definition) is 4. The molecule has 0 saturated carbocycles. The van der Waals surface area contributed by atoms with Crippen LogP contribution in [0, 0.1) is 0 Å². The molecule has 0 radical (unpaired) electrons. The molecule has 0 aromatic heterocycles. The third kappa shape index (κ3) is 29.9. The van der Waals surface area contributed by atoms with Gasteiger partial charge in [-0.1, -0.05) is 8.67 Å². The fourth-order valence-electron chi connectivity index (χ4n) is 0.0702. The highest BCUT2D eigenvalue weighted by atomic mass is 32.3. The van der Waals surface area contributed by atoms with E-state index in [0.29, 0.717) is 0 Å². The van der Waals surface area contributed by atoms with Crippen molar-refractivity contribution in [3.8, 4) is 0 Å². The maximum absolute atomic E-state index is 9.51. The van der Waals surface area contributed by atoms with Crippen molar-refractivity contribution >= 4 is 20.8 Å². The van der Waals surface area contributed by atoms with Crippen LogP contribution in [0.4, 0.5) is 0 Å². The maximum atomic E-state index is 9.51. The molecule has 0 bridgehead atoms. The molecule has 0 aliphatic heterocycles. The van der Waals surface area contributed by atoms with E-state index in [4.69, 9.17) is 9.11 Å². The van der Waals surface area contributed by atoms with E-state index in [-0.39, 0.29) is 0 Å². The SMILES string of the molecule is CN.CN.O=S(=O)(O)OOS(=O)(=O)O. The van der Waals surface area contributed by atoms with Crippen LogP contribution in [0.15, 0.2) is 0 Å². The monoisotopic (exact) mass is 256 g/mol. The topological polar surface area (TPSA) is 179 Å². The summed E-state index contributed by atoms with van der Waals surface area (Å²) in [5, 5.41) is 0. The van der Waals surface area contributed by atoms with Crippen LogP contribution < -0.4 is 11.5 Å². The summed E-state index contributed by atoms with van der Waals surface area (Å²) >= 11 is 0. The lowest BCUT2D eigenvalue weighted by atomic mass is 11.6. The van der Waals surface area contributed by atoms with E-state index in [9.17, 15) is 16.8 Å². The molecule has 0 aliphatic rings. The van der Waals surface area contributed by atoms with Gasteiger partial charge in [-0.2, -0.15) is 16.8 Å². The summed E-state index contributed by atoms with van der Waals surface area (Å²) in [5.74, 6) is 0. The van der Waals surface area contributed by atoms with Crippen molar-refractivity contribution in [1.82, 2.24) is 0 Å². The Labute approximate surface area is 81.6 Å². The van der Waals surface area contributed by atoms with Crippen LogP contribution in [0.3, 0.4) is 0 Å². The molecule has 14 heavy (non-hydrogen) atoms. The lowest BCUT2D eigenvalue weighted by Gasteiger charge is -1.92. The first kappa shape index (κ1) is 19.3. The zero-order valence-electron chi connectivity index (χ0n) is 7.32. The van der Waals surface area contributed by atoms with Crippen molar-refractivity contribution < 1.29 is 34.6 Å². The lowest BCUT2D eigenvalue weighted by Crippen LogP contribution is -2.10. The minimum Gasteiger partial charge on any atom is -0.333 e. The highest BCUT2D eigenvalue weighted by Crippen LogP contribution is 1.92. The average Bonchev–Trinajstić information content (AvgIpc) is 2.06. The molecule has 0 saturated heterocycles. The first-order valence-electron chi connectivity index (χ1n) is 2.69. The second kappa shape index (κ2) is 9.22. The Hall–Kier alpha value is -0.340. The predicted octanol–water partition coefficient (Wildman–Crippen LogP) is -2.31. The molecule has 0 aliphatic carbocycles. The van der Waals surface area contributed by atoms with E-state index < -0.39 is 20.8 Å². The van der Waals surface area contributed by atoms with Crippen molar-refractivity contribution in [2.24, 2.45) is 11.5 Å². The molecule has 12 heteroatoms. The quantitative estimate of drug-likeness (QED) is 0.243. The Balaban J connectivity index is -0.000000266. The van der Waals surface area contributed by atoms with Crippen molar-refractivity contribution in [3.05, 3.63) is 0 Å². The second-order valence-electron chi connectivity index (χ2n) is 0.992. The molecule has 0 fully saturated rings. The molecular formula is C2H12N2O8S2. The van der Waals surface area contributed by atoms with Gasteiger partial charge in [0, 0.05) is 0 Å². The van der Waals surface area contributed by atoms with Gasteiger partial charge in [-0.25, -0.2) is 0 Å². The van der Waals surface area contributed by atoms with Gasteiger partial charge < -0.3 is 11.5 Å². The van der Waals surface area contributed by atoms with Crippen LogP contribution in [0.5, 0.6) is 0 Å². The Kier molecular flexibility index (Phi) is 12.7. The Bertz CT molecular complexity index is 259. The Morgan fingerprint density at radius 3 is 1.00 bits per heavy atom. The first-order chi connectivity index (χ1) is 6.21. The van der Waals surface area contributed by atoms with E-state index >= 15 is 0 Å². The summed E-state index contributed by atoms with van der Waals surface area (Å²) < 4.78 is 58.9. The molecule has 0 aromatic carbocycles. The van der Waals surface area contributed by atoms with Gasteiger partial charge in [-0.15, -0.1) is 0 Å². The Morgan fingerprint density at radius 2 is 0.929 bits per heavy atom. The molecule has 0 aromatic rings. The van der Waals surface area contributed by atoms with Crippen LogP contribution >= 0.6 is 0 Å². The summed E-state index contributed by atoms with van der Waals surface area (Å²) in [6.45, 7) is 0. The molecule has 0 heterocycles. The zero-order chi connectivity index (χ0) is 12.4. The molecule has 10 nitrogen and oxygen atoms in total. The largest absolute Gasteiger partial charge is 0.425 e. The van der Waals surface area contributed by atoms with Crippen molar-refractivity contribution in [3.63, 3.8) is 0 Å². The Morgan fingerprint density at radius 1 is 0.786 bits per heavy atom. The summed E-state index contributed by atoms with van der Waals surface area (Å²) in [4.78, 5) is 0.